The number of benzene rings is 1. The van der Waals surface area contributed by atoms with E-state index in [4.69, 9.17) is 14.0 Å². The number of thioether (sulfide) groups is 1. The van der Waals surface area contributed by atoms with E-state index in [0.717, 1.165) is 47.3 Å². The predicted molar refractivity (Wildman–Crippen MR) is 111 cm³/mol. The summed E-state index contributed by atoms with van der Waals surface area (Å²) in [7, 11) is 3.16. The van der Waals surface area contributed by atoms with E-state index >= 15 is 0 Å². The van der Waals surface area contributed by atoms with Gasteiger partial charge in [-0.2, -0.15) is 11.8 Å². The first kappa shape index (κ1) is 20.7. The van der Waals surface area contributed by atoms with Crippen molar-refractivity contribution in [3.05, 3.63) is 35.9 Å². The Hall–Kier alpha value is -2.03. The molecule has 0 N–H and O–H groups in total. The molecule has 7 nitrogen and oxygen atoms in total. The average Bonchev–Trinajstić information content (AvgIpc) is 3.16. The summed E-state index contributed by atoms with van der Waals surface area (Å²) in [6.45, 7) is 3.18. The lowest BCUT2D eigenvalue weighted by Gasteiger charge is -2.28. The maximum atomic E-state index is 12.6. The van der Waals surface area contributed by atoms with Gasteiger partial charge in [-0.1, -0.05) is 35.5 Å². The van der Waals surface area contributed by atoms with Crippen molar-refractivity contribution in [1.29, 1.82) is 0 Å². The monoisotopic (exact) mass is 405 g/mol. The van der Waals surface area contributed by atoms with Gasteiger partial charge in [0, 0.05) is 50.9 Å². The fourth-order valence-corrected chi connectivity index (χ4v) is 4.08. The van der Waals surface area contributed by atoms with Crippen molar-refractivity contribution >= 4 is 23.6 Å². The Bertz CT molecular complexity index is 747. The predicted octanol–water partition coefficient (Wildman–Crippen LogP) is 2.52. The summed E-state index contributed by atoms with van der Waals surface area (Å²) in [5.74, 6) is 2.78. The van der Waals surface area contributed by atoms with Crippen LogP contribution in [0.2, 0.25) is 0 Å². The minimum absolute atomic E-state index is 0.0331. The van der Waals surface area contributed by atoms with Crippen molar-refractivity contribution < 1.29 is 18.8 Å². The summed E-state index contributed by atoms with van der Waals surface area (Å²) in [6, 6.07) is 9.94. The van der Waals surface area contributed by atoms with Crippen molar-refractivity contribution in [2.24, 2.45) is 0 Å². The van der Waals surface area contributed by atoms with E-state index < -0.39 is 0 Å². The van der Waals surface area contributed by atoms with Crippen LogP contribution in [0.1, 0.15) is 5.56 Å². The Morgan fingerprint density at radius 3 is 2.64 bits per heavy atom. The molecular formula is C20H27N3O4S. The molecule has 0 bridgehead atoms. The molecule has 3 rings (SSSR count). The van der Waals surface area contributed by atoms with Crippen molar-refractivity contribution in [1.82, 2.24) is 10.1 Å². The van der Waals surface area contributed by atoms with Gasteiger partial charge in [-0.3, -0.25) is 4.79 Å². The van der Waals surface area contributed by atoms with Crippen LogP contribution in [0.15, 0.2) is 34.9 Å². The van der Waals surface area contributed by atoms with E-state index in [2.05, 4.69) is 10.1 Å². The maximum Gasteiger partial charge on any atom is 0.248 e. The molecule has 1 aliphatic heterocycles. The van der Waals surface area contributed by atoms with Gasteiger partial charge >= 0.3 is 0 Å². The van der Waals surface area contributed by atoms with Crippen molar-refractivity contribution in [2.45, 2.75) is 6.54 Å². The lowest BCUT2D eigenvalue weighted by molar-refractivity contribution is -0.136. The second-order valence-electron chi connectivity index (χ2n) is 6.52. The van der Waals surface area contributed by atoms with Crippen molar-refractivity contribution in [3.63, 3.8) is 0 Å². The van der Waals surface area contributed by atoms with Crippen LogP contribution in [0.4, 0.5) is 5.88 Å². The Labute approximate surface area is 169 Å². The Morgan fingerprint density at radius 1 is 1.21 bits per heavy atom. The van der Waals surface area contributed by atoms with Gasteiger partial charge in [-0.05, 0) is 0 Å². The van der Waals surface area contributed by atoms with Crippen LogP contribution < -0.4 is 4.90 Å². The Balaban J connectivity index is 1.94. The molecule has 1 aromatic carbocycles. The average molecular weight is 406 g/mol. The van der Waals surface area contributed by atoms with Crippen LogP contribution in [0.25, 0.3) is 11.3 Å². The highest BCUT2D eigenvalue weighted by Gasteiger charge is 2.27. The zero-order chi connectivity index (χ0) is 19.8. The Kier molecular flexibility index (Phi) is 7.76. The van der Waals surface area contributed by atoms with Crippen LogP contribution in [-0.4, -0.2) is 74.5 Å². The van der Waals surface area contributed by atoms with E-state index in [1.54, 1.807) is 12.0 Å². The number of hydrogen-bond acceptors (Lipinski definition) is 7. The maximum absolute atomic E-state index is 12.6. The Morgan fingerprint density at radius 2 is 1.96 bits per heavy atom. The third-order valence-corrected chi connectivity index (χ3v) is 5.59. The summed E-state index contributed by atoms with van der Waals surface area (Å²) < 4.78 is 16.1. The summed E-state index contributed by atoms with van der Waals surface area (Å²) >= 11 is 1.94. The quantitative estimate of drug-likeness (QED) is 0.635. The van der Waals surface area contributed by atoms with Crippen LogP contribution in [0.3, 0.4) is 0 Å². The van der Waals surface area contributed by atoms with Gasteiger partial charge in [-0.25, -0.2) is 0 Å². The smallest absolute Gasteiger partial charge is 0.248 e. The molecule has 1 saturated heterocycles. The molecule has 1 aliphatic rings. The number of aromatic nitrogens is 1. The number of hydrogen-bond donors (Lipinski definition) is 0. The lowest BCUT2D eigenvalue weighted by Crippen LogP contribution is -2.37. The number of carbonyl (C=O) groups excluding carboxylic acids is 1. The molecule has 2 aromatic rings. The second-order valence-corrected chi connectivity index (χ2v) is 7.75. The highest BCUT2D eigenvalue weighted by atomic mass is 32.2. The van der Waals surface area contributed by atoms with Crippen LogP contribution in [0.5, 0.6) is 0 Å². The SMILES string of the molecule is COCCN(Cc1c(-c2ccccc2)noc1N1CCSCC1)C(=O)COC. The van der Waals surface area contributed by atoms with Crippen LogP contribution >= 0.6 is 11.8 Å². The molecule has 1 aromatic heterocycles. The minimum Gasteiger partial charge on any atom is -0.383 e. The molecule has 0 unspecified atom stereocenters. The van der Waals surface area contributed by atoms with Gasteiger partial charge in [0.05, 0.1) is 18.7 Å². The van der Waals surface area contributed by atoms with Gasteiger partial charge in [0.1, 0.15) is 12.3 Å². The van der Waals surface area contributed by atoms with Crippen LogP contribution in [0, 0.1) is 0 Å². The molecule has 28 heavy (non-hydrogen) atoms. The molecule has 0 atom stereocenters. The zero-order valence-corrected chi connectivity index (χ0v) is 17.2. The molecule has 8 heteroatoms. The largest absolute Gasteiger partial charge is 0.383 e. The van der Waals surface area contributed by atoms with E-state index in [1.807, 2.05) is 42.1 Å². The van der Waals surface area contributed by atoms with Gasteiger partial charge in [0.25, 0.3) is 0 Å². The van der Waals surface area contributed by atoms with Gasteiger partial charge in [-0.15, -0.1) is 0 Å². The van der Waals surface area contributed by atoms with Crippen LogP contribution in [-0.2, 0) is 20.8 Å². The standard InChI is InChI=1S/C20H27N3O4S/c1-25-11-8-23(18(24)15-26-2)14-17-19(16-6-4-3-5-7-16)21-27-20(17)22-9-12-28-13-10-22/h3-7H,8-15H2,1-2H3. The number of carbonyl (C=O) groups is 1. The zero-order valence-electron chi connectivity index (χ0n) is 16.4. The number of amides is 1. The third kappa shape index (κ3) is 5.06. The van der Waals surface area contributed by atoms with Crippen molar-refractivity contribution in [3.8, 4) is 11.3 Å². The minimum atomic E-state index is -0.0834. The first-order chi connectivity index (χ1) is 13.7. The topological polar surface area (TPSA) is 68.0 Å². The third-order valence-electron chi connectivity index (χ3n) is 4.65. The second kappa shape index (κ2) is 10.5. The molecule has 2 heterocycles. The summed E-state index contributed by atoms with van der Waals surface area (Å²) in [4.78, 5) is 16.6. The number of ether oxygens (including phenoxy) is 2. The number of nitrogens with zero attached hydrogens (tertiary/aromatic N) is 3. The molecule has 0 saturated carbocycles. The molecule has 0 spiro atoms. The molecule has 1 fully saturated rings. The summed E-state index contributed by atoms with van der Waals surface area (Å²) in [5, 5.41) is 4.38. The first-order valence-electron chi connectivity index (χ1n) is 9.37. The lowest BCUT2D eigenvalue weighted by atomic mass is 10.1. The van der Waals surface area contributed by atoms with Gasteiger partial charge < -0.3 is 23.8 Å². The van der Waals surface area contributed by atoms with Crippen molar-refractivity contribution in [2.75, 3.05) is 63.5 Å². The highest BCUT2D eigenvalue weighted by molar-refractivity contribution is 7.99. The molecular weight excluding hydrogens is 378 g/mol. The van der Waals surface area contributed by atoms with Gasteiger partial charge in [0.2, 0.25) is 11.8 Å². The number of methoxy groups -OCH3 is 2. The summed E-state index contributed by atoms with van der Waals surface area (Å²) in [6.07, 6.45) is 0. The number of rotatable bonds is 9. The normalized spacial score (nSPS) is 14.3. The fourth-order valence-electron chi connectivity index (χ4n) is 3.18. The molecule has 0 aliphatic carbocycles. The first-order valence-corrected chi connectivity index (χ1v) is 10.5. The molecule has 152 valence electrons. The van der Waals surface area contributed by atoms with E-state index in [-0.39, 0.29) is 12.5 Å². The van der Waals surface area contributed by atoms with Gasteiger partial charge in [0.15, 0.2) is 0 Å². The summed E-state index contributed by atoms with van der Waals surface area (Å²) in [5.41, 5.74) is 2.69. The molecule has 0 radical (unpaired) electrons. The van der Waals surface area contributed by atoms with E-state index in [0.29, 0.717) is 19.7 Å². The highest BCUT2D eigenvalue weighted by Crippen LogP contribution is 2.33. The van der Waals surface area contributed by atoms with E-state index in [9.17, 15) is 4.79 Å². The number of anilines is 1. The van der Waals surface area contributed by atoms with E-state index in [1.165, 1.54) is 7.11 Å². The fraction of sp³-hybridized carbons (Fsp3) is 0.500. The molecule has 1 amide bonds.